The molecule has 3 heterocycles. The molecule has 1 N–H and O–H groups in total. The van der Waals surface area contributed by atoms with Gasteiger partial charge < -0.3 is 5.11 Å². The predicted octanol–water partition coefficient (Wildman–Crippen LogP) is 4.04. The minimum atomic E-state index is -4.38. The van der Waals surface area contributed by atoms with Gasteiger partial charge in [0.25, 0.3) is 5.91 Å². The second kappa shape index (κ2) is 6.17. The molecule has 1 amide bonds. The van der Waals surface area contributed by atoms with E-state index in [1.54, 1.807) is 18.2 Å². The Bertz CT molecular complexity index is 1070. The maximum Gasteiger partial charge on any atom is 0.393 e. The van der Waals surface area contributed by atoms with Crippen molar-refractivity contribution >= 4 is 34.4 Å². The Hall–Kier alpha value is -2.71. The SMILES string of the molecule is O=C1c2ccc(CC(F)(F)F)cc2C(O)N1c1ccc2ccc(Cl)nc2n1. The molecular weight excluding hydrogens is 383 g/mol. The standard InChI is InChI=1S/C18H11ClF3N3O2/c19-13-5-2-10-3-6-14(24-15(10)23-13)25-16(26)11-4-1-9(8-18(20,21)22)7-12(11)17(25)27/h1-7,17,27H,8H2. The number of aliphatic hydroxyl groups excluding tert-OH is 1. The fourth-order valence-corrected chi connectivity index (χ4v) is 3.21. The summed E-state index contributed by atoms with van der Waals surface area (Å²) >= 11 is 5.86. The number of hydrogen-bond acceptors (Lipinski definition) is 4. The minimum Gasteiger partial charge on any atom is -0.369 e. The third-order valence-electron chi connectivity index (χ3n) is 4.24. The molecule has 1 aliphatic rings. The van der Waals surface area contributed by atoms with Crippen LogP contribution in [0.2, 0.25) is 5.15 Å². The van der Waals surface area contributed by atoms with Crippen LogP contribution in [0.1, 0.15) is 27.7 Å². The van der Waals surface area contributed by atoms with Crippen LogP contribution >= 0.6 is 11.6 Å². The van der Waals surface area contributed by atoms with Crippen molar-refractivity contribution in [2.24, 2.45) is 0 Å². The average molecular weight is 394 g/mol. The van der Waals surface area contributed by atoms with E-state index < -0.39 is 24.7 Å². The van der Waals surface area contributed by atoms with Crippen LogP contribution in [0.15, 0.2) is 42.5 Å². The van der Waals surface area contributed by atoms with Crippen LogP contribution in [-0.2, 0) is 6.42 Å². The van der Waals surface area contributed by atoms with Gasteiger partial charge in [0.1, 0.15) is 11.0 Å². The van der Waals surface area contributed by atoms with E-state index in [1.165, 1.54) is 24.3 Å². The number of fused-ring (bicyclic) bond motifs is 2. The van der Waals surface area contributed by atoms with Gasteiger partial charge in [-0.05, 0) is 35.9 Å². The number of alkyl halides is 3. The van der Waals surface area contributed by atoms with E-state index in [1.807, 2.05) is 0 Å². The molecule has 0 fully saturated rings. The lowest BCUT2D eigenvalue weighted by molar-refractivity contribution is -0.127. The van der Waals surface area contributed by atoms with Crippen LogP contribution < -0.4 is 4.90 Å². The van der Waals surface area contributed by atoms with Crippen molar-refractivity contribution in [3.63, 3.8) is 0 Å². The zero-order chi connectivity index (χ0) is 19.3. The molecule has 138 valence electrons. The fourth-order valence-electron chi connectivity index (χ4n) is 3.07. The summed E-state index contributed by atoms with van der Waals surface area (Å²) in [5.74, 6) is -0.423. The van der Waals surface area contributed by atoms with E-state index in [-0.39, 0.29) is 33.3 Å². The Morgan fingerprint density at radius 3 is 2.59 bits per heavy atom. The van der Waals surface area contributed by atoms with E-state index in [4.69, 9.17) is 11.6 Å². The van der Waals surface area contributed by atoms with Gasteiger partial charge in [-0.25, -0.2) is 9.97 Å². The van der Waals surface area contributed by atoms with Gasteiger partial charge in [0.05, 0.1) is 6.42 Å². The van der Waals surface area contributed by atoms with Gasteiger partial charge in [0.2, 0.25) is 0 Å². The van der Waals surface area contributed by atoms with E-state index in [0.717, 1.165) is 4.90 Å². The summed E-state index contributed by atoms with van der Waals surface area (Å²) in [5, 5.41) is 11.5. The van der Waals surface area contributed by atoms with Gasteiger partial charge in [-0.2, -0.15) is 13.2 Å². The second-order valence-electron chi connectivity index (χ2n) is 6.11. The number of benzene rings is 1. The van der Waals surface area contributed by atoms with E-state index >= 15 is 0 Å². The van der Waals surface area contributed by atoms with Crippen molar-refractivity contribution in [1.82, 2.24) is 9.97 Å². The number of hydrogen-bond donors (Lipinski definition) is 1. The number of aromatic nitrogens is 2. The number of amides is 1. The molecule has 0 bridgehead atoms. The van der Waals surface area contributed by atoms with E-state index in [2.05, 4.69) is 9.97 Å². The van der Waals surface area contributed by atoms with Crippen LogP contribution in [0.5, 0.6) is 0 Å². The number of anilines is 1. The topological polar surface area (TPSA) is 66.3 Å². The molecule has 1 unspecified atom stereocenters. The summed E-state index contributed by atoms with van der Waals surface area (Å²) in [6.07, 6.45) is -6.96. The quantitative estimate of drug-likeness (QED) is 0.667. The summed E-state index contributed by atoms with van der Waals surface area (Å²) in [6, 6.07) is 10.2. The average Bonchev–Trinajstić information content (AvgIpc) is 2.83. The highest BCUT2D eigenvalue weighted by molar-refractivity contribution is 6.29. The highest BCUT2D eigenvalue weighted by Crippen LogP contribution is 2.37. The monoisotopic (exact) mass is 393 g/mol. The molecule has 1 aliphatic heterocycles. The largest absolute Gasteiger partial charge is 0.393 e. The third-order valence-corrected chi connectivity index (χ3v) is 4.45. The number of nitrogens with zero attached hydrogens (tertiary/aromatic N) is 3. The zero-order valence-electron chi connectivity index (χ0n) is 13.5. The molecule has 9 heteroatoms. The molecule has 0 spiro atoms. The molecule has 0 aliphatic carbocycles. The first-order valence-electron chi connectivity index (χ1n) is 7.87. The molecule has 4 rings (SSSR count). The molecule has 0 saturated carbocycles. The van der Waals surface area contributed by atoms with Crippen LogP contribution in [0.25, 0.3) is 11.0 Å². The second-order valence-corrected chi connectivity index (χ2v) is 6.50. The van der Waals surface area contributed by atoms with Crippen LogP contribution in [0, 0.1) is 0 Å². The van der Waals surface area contributed by atoms with E-state index in [0.29, 0.717) is 5.39 Å². The molecule has 0 saturated heterocycles. The van der Waals surface area contributed by atoms with E-state index in [9.17, 15) is 23.1 Å². The molecular formula is C18H11ClF3N3O2. The van der Waals surface area contributed by atoms with Crippen molar-refractivity contribution in [2.75, 3.05) is 4.90 Å². The lowest BCUT2D eigenvalue weighted by Crippen LogP contribution is -2.28. The molecule has 5 nitrogen and oxygen atoms in total. The van der Waals surface area contributed by atoms with Gasteiger partial charge in [-0.1, -0.05) is 23.7 Å². The first-order valence-corrected chi connectivity index (χ1v) is 8.25. The van der Waals surface area contributed by atoms with Crippen LogP contribution in [0.4, 0.5) is 19.0 Å². The predicted molar refractivity (Wildman–Crippen MR) is 92.5 cm³/mol. The maximum absolute atomic E-state index is 12.7. The summed E-state index contributed by atoms with van der Waals surface area (Å²) in [4.78, 5) is 22.0. The number of carbonyl (C=O) groups excluding carboxylic acids is 1. The minimum absolute atomic E-state index is 0.0325. The highest BCUT2D eigenvalue weighted by atomic mass is 35.5. The molecule has 1 aromatic carbocycles. The number of rotatable bonds is 2. The molecule has 27 heavy (non-hydrogen) atoms. The highest BCUT2D eigenvalue weighted by Gasteiger charge is 2.38. The smallest absolute Gasteiger partial charge is 0.369 e. The Labute approximate surface area is 156 Å². The first kappa shape index (κ1) is 17.7. The lowest BCUT2D eigenvalue weighted by atomic mass is 10.0. The normalized spacial score (nSPS) is 16.9. The van der Waals surface area contributed by atoms with Gasteiger partial charge in [-0.15, -0.1) is 0 Å². The van der Waals surface area contributed by atoms with Crippen molar-refractivity contribution in [3.8, 4) is 0 Å². The summed E-state index contributed by atoms with van der Waals surface area (Å²) in [6.45, 7) is 0. The van der Waals surface area contributed by atoms with Gasteiger partial charge >= 0.3 is 6.18 Å². The Morgan fingerprint density at radius 2 is 1.85 bits per heavy atom. The molecule has 1 atom stereocenters. The zero-order valence-corrected chi connectivity index (χ0v) is 14.3. The van der Waals surface area contributed by atoms with Crippen molar-refractivity contribution in [2.45, 2.75) is 18.8 Å². The van der Waals surface area contributed by atoms with Crippen LogP contribution in [0.3, 0.4) is 0 Å². The molecule has 0 radical (unpaired) electrons. The first-order chi connectivity index (χ1) is 12.7. The fraction of sp³-hybridized carbons (Fsp3) is 0.167. The number of aliphatic hydroxyl groups is 1. The van der Waals surface area contributed by atoms with Gasteiger partial charge in [0.15, 0.2) is 11.9 Å². The summed E-state index contributed by atoms with van der Waals surface area (Å²) < 4.78 is 37.9. The van der Waals surface area contributed by atoms with Crippen LogP contribution in [-0.4, -0.2) is 27.2 Å². The number of halogens is 4. The molecule has 2 aromatic heterocycles. The maximum atomic E-state index is 12.7. The third kappa shape index (κ3) is 3.22. The number of carbonyl (C=O) groups is 1. The van der Waals surface area contributed by atoms with Crippen molar-refractivity contribution < 1.29 is 23.1 Å². The Morgan fingerprint density at radius 1 is 1.11 bits per heavy atom. The van der Waals surface area contributed by atoms with Gasteiger partial charge in [0, 0.05) is 16.5 Å². The molecule has 3 aromatic rings. The summed E-state index contributed by atoms with van der Waals surface area (Å²) in [5.41, 5.74) is 0.501. The van der Waals surface area contributed by atoms with Crippen molar-refractivity contribution in [1.29, 1.82) is 0 Å². The summed E-state index contributed by atoms with van der Waals surface area (Å²) in [7, 11) is 0. The number of pyridine rings is 2. The van der Waals surface area contributed by atoms with Gasteiger partial charge in [-0.3, -0.25) is 9.69 Å². The van der Waals surface area contributed by atoms with Crippen molar-refractivity contribution in [3.05, 3.63) is 64.3 Å². The lowest BCUT2D eigenvalue weighted by Gasteiger charge is -2.20. The Balaban J connectivity index is 1.73. The Kier molecular flexibility index (Phi) is 4.05.